The predicted octanol–water partition coefficient (Wildman–Crippen LogP) is 4.00. The van der Waals surface area contributed by atoms with Gasteiger partial charge in [0.1, 0.15) is 0 Å². The predicted molar refractivity (Wildman–Crippen MR) is 116 cm³/mol. The zero-order valence-electron chi connectivity index (χ0n) is 17.7. The Kier molecular flexibility index (Phi) is 6.53. The Morgan fingerprint density at radius 1 is 1.07 bits per heavy atom. The molecule has 6 nitrogen and oxygen atoms in total. The summed E-state index contributed by atoms with van der Waals surface area (Å²) in [6, 6.07) is 11.6. The van der Waals surface area contributed by atoms with Crippen molar-refractivity contribution in [1.82, 2.24) is 9.80 Å². The summed E-state index contributed by atoms with van der Waals surface area (Å²) in [5.41, 5.74) is 2.12. The average molecular weight is 410 g/mol. The number of nitrogens with zero attached hydrogens (tertiary/aromatic N) is 2. The molecule has 6 heteroatoms. The lowest BCUT2D eigenvalue weighted by molar-refractivity contribution is -0.121. The number of furan rings is 1. The van der Waals surface area contributed by atoms with Gasteiger partial charge in [0.05, 0.1) is 6.26 Å². The lowest BCUT2D eigenvalue weighted by atomic mass is 9.95. The van der Waals surface area contributed by atoms with E-state index in [4.69, 9.17) is 4.42 Å². The molecule has 30 heavy (non-hydrogen) atoms. The van der Waals surface area contributed by atoms with Crippen LogP contribution in [0, 0.1) is 11.8 Å². The molecule has 1 atom stereocenters. The Labute approximate surface area is 178 Å². The first-order chi connectivity index (χ1) is 14.6. The van der Waals surface area contributed by atoms with Gasteiger partial charge in [-0.1, -0.05) is 19.1 Å². The molecular weight excluding hydrogens is 378 g/mol. The van der Waals surface area contributed by atoms with Gasteiger partial charge in [0.25, 0.3) is 5.91 Å². The third kappa shape index (κ3) is 5.11. The van der Waals surface area contributed by atoms with E-state index >= 15 is 0 Å². The van der Waals surface area contributed by atoms with Gasteiger partial charge in [0, 0.05) is 37.8 Å². The van der Waals surface area contributed by atoms with E-state index in [1.165, 1.54) is 37.8 Å². The lowest BCUT2D eigenvalue weighted by Gasteiger charge is -2.31. The molecule has 160 valence electrons. The molecule has 2 saturated heterocycles. The van der Waals surface area contributed by atoms with E-state index in [1.807, 2.05) is 12.1 Å². The second-order valence-electron chi connectivity index (χ2n) is 8.71. The van der Waals surface area contributed by atoms with Crippen LogP contribution in [0.15, 0.2) is 47.1 Å². The Morgan fingerprint density at radius 2 is 1.83 bits per heavy atom. The number of piperidine rings is 2. The highest BCUT2D eigenvalue weighted by Crippen LogP contribution is 2.22. The summed E-state index contributed by atoms with van der Waals surface area (Å²) in [7, 11) is 0. The van der Waals surface area contributed by atoms with Crippen LogP contribution in [0.2, 0.25) is 0 Å². The first-order valence-corrected chi connectivity index (χ1v) is 11.0. The molecule has 2 aliphatic heterocycles. The molecule has 2 aliphatic rings. The van der Waals surface area contributed by atoms with Crippen LogP contribution in [0.3, 0.4) is 0 Å². The van der Waals surface area contributed by atoms with Crippen LogP contribution < -0.4 is 5.32 Å². The van der Waals surface area contributed by atoms with Crippen LogP contribution in [0.25, 0.3) is 0 Å². The monoisotopic (exact) mass is 409 g/mol. The highest BCUT2D eigenvalue weighted by atomic mass is 16.3. The number of carbonyl (C=O) groups excluding carboxylic acids is 2. The highest BCUT2D eigenvalue weighted by molar-refractivity contribution is 5.94. The molecule has 3 heterocycles. The maximum absolute atomic E-state index is 12.7. The number of rotatable bonds is 5. The number of nitrogens with one attached hydrogen (secondary N) is 1. The van der Waals surface area contributed by atoms with Crippen molar-refractivity contribution in [3.8, 4) is 0 Å². The van der Waals surface area contributed by atoms with Gasteiger partial charge in [-0.2, -0.15) is 0 Å². The number of amides is 2. The van der Waals surface area contributed by atoms with Crippen LogP contribution in [0.1, 0.15) is 48.7 Å². The Balaban J connectivity index is 1.24. The largest absolute Gasteiger partial charge is 0.459 e. The first kappa shape index (κ1) is 20.7. The normalized spacial score (nSPS) is 20.8. The number of carbonyl (C=O) groups is 2. The number of hydrogen-bond donors (Lipinski definition) is 1. The fourth-order valence-electron chi connectivity index (χ4n) is 4.53. The zero-order chi connectivity index (χ0) is 20.9. The number of benzene rings is 1. The summed E-state index contributed by atoms with van der Waals surface area (Å²) in [6.07, 6.45) is 5.46. The van der Waals surface area contributed by atoms with Crippen molar-refractivity contribution in [2.45, 2.75) is 39.2 Å². The summed E-state index contributed by atoms with van der Waals surface area (Å²) in [6.45, 7) is 6.78. The second kappa shape index (κ2) is 9.47. The molecule has 1 unspecified atom stereocenters. The van der Waals surface area contributed by atoms with Gasteiger partial charge in [-0.25, -0.2) is 0 Å². The van der Waals surface area contributed by atoms with Crippen molar-refractivity contribution in [2.75, 3.05) is 31.5 Å². The lowest BCUT2D eigenvalue weighted by Crippen LogP contribution is -2.41. The maximum Gasteiger partial charge on any atom is 0.289 e. The number of anilines is 1. The minimum Gasteiger partial charge on any atom is -0.459 e. The molecule has 2 amide bonds. The summed E-state index contributed by atoms with van der Waals surface area (Å²) >= 11 is 0. The molecule has 2 fully saturated rings. The van der Waals surface area contributed by atoms with Crippen molar-refractivity contribution in [1.29, 1.82) is 0 Å². The molecule has 4 rings (SSSR count). The molecule has 1 N–H and O–H groups in total. The topological polar surface area (TPSA) is 65.8 Å². The van der Waals surface area contributed by atoms with Crippen LogP contribution in [-0.4, -0.2) is 47.8 Å². The average Bonchev–Trinajstić information content (AvgIpc) is 3.30. The maximum atomic E-state index is 12.7. The standard InChI is InChI=1S/C24H31N3O3/c1-18-4-2-12-26(16-18)17-19-6-8-21(9-7-19)25-23(28)20-10-13-27(14-11-20)24(29)22-5-3-15-30-22/h3,5-9,15,18,20H,2,4,10-14,16-17H2,1H3,(H,25,28). The van der Waals surface area contributed by atoms with Crippen molar-refractivity contribution in [2.24, 2.45) is 11.8 Å². The van der Waals surface area contributed by atoms with Crippen LogP contribution in [0.5, 0.6) is 0 Å². The summed E-state index contributed by atoms with van der Waals surface area (Å²) in [5.74, 6) is 1.01. The third-order valence-electron chi connectivity index (χ3n) is 6.25. The van der Waals surface area contributed by atoms with Crippen LogP contribution in [0.4, 0.5) is 5.69 Å². The molecule has 1 aromatic heterocycles. The summed E-state index contributed by atoms with van der Waals surface area (Å²) < 4.78 is 5.19. The number of likely N-dealkylation sites (tertiary alicyclic amines) is 2. The van der Waals surface area contributed by atoms with Gasteiger partial charge in [0.15, 0.2) is 5.76 Å². The van der Waals surface area contributed by atoms with Crippen molar-refractivity contribution >= 4 is 17.5 Å². The van der Waals surface area contributed by atoms with Gasteiger partial charge >= 0.3 is 0 Å². The van der Waals surface area contributed by atoms with E-state index in [0.717, 1.165) is 18.2 Å². The Hall–Kier alpha value is -2.60. The van der Waals surface area contributed by atoms with Crippen molar-refractivity contribution in [3.05, 3.63) is 54.0 Å². The van der Waals surface area contributed by atoms with Gasteiger partial charge in [-0.3, -0.25) is 14.5 Å². The molecule has 1 aromatic carbocycles. The van der Waals surface area contributed by atoms with Crippen LogP contribution >= 0.6 is 0 Å². The highest BCUT2D eigenvalue weighted by Gasteiger charge is 2.28. The second-order valence-corrected chi connectivity index (χ2v) is 8.71. The molecule has 0 aliphatic carbocycles. The van der Waals surface area contributed by atoms with E-state index in [1.54, 1.807) is 17.0 Å². The van der Waals surface area contributed by atoms with E-state index < -0.39 is 0 Å². The fraction of sp³-hybridized carbons (Fsp3) is 0.500. The summed E-state index contributed by atoms with van der Waals surface area (Å²) in [5, 5.41) is 3.05. The zero-order valence-corrected chi connectivity index (χ0v) is 17.7. The first-order valence-electron chi connectivity index (χ1n) is 11.0. The van der Waals surface area contributed by atoms with Crippen molar-refractivity contribution in [3.63, 3.8) is 0 Å². The van der Waals surface area contributed by atoms with E-state index in [2.05, 4.69) is 29.3 Å². The van der Waals surface area contributed by atoms with Gasteiger partial charge < -0.3 is 14.6 Å². The molecular formula is C24H31N3O3. The van der Waals surface area contributed by atoms with Gasteiger partial charge in [-0.15, -0.1) is 0 Å². The minimum atomic E-state index is -0.0995. The third-order valence-corrected chi connectivity index (χ3v) is 6.25. The van der Waals surface area contributed by atoms with E-state index in [0.29, 0.717) is 31.7 Å². The van der Waals surface area contributed by atoms with Crippen LogP contribution in [-0.2, 0) is 11.3 Å². The van der Waals surface area contributed by atoms with E-state index in [9.17, 15) is 9.59 Å². The molecule has 0 radical (unpaired) electrons. The SMILES string of the molecule is CC1CCCN(Cc2ccc(NC(=O)C3CCN(C(=O)c4ccco4)CC3)cc2)C1. The van der Waals surface area contributed by atoms with E-state index in [-0.39, 0.29) is 17.7 Å². The Morgan fingerprint density at radius 3 is 2.50 bits per heavy atom. The minimum absolute atomic E-state index is 0.0395. The smallest absolute Gasteiger partial charge is 0.289 e. The summed E-state index contributed by atoms with van der Waals surface area (Å²) in [4.78, 5) is 29.3. The molecule has 0 spiro atoms. The van der Waals surface area contributed by atoms with Gasteiger partial charge in [-0.05, 0) is 68.0 Å². The molecule has 2 aromatic rings. The Bertz CT molecular complexity index is 839. The number of hydrogen-bond acceptors (Lipinski definition) is 4. The van der Waals surface area contributed by atoms with Gasteiger partial charge in [0.2, 0.25) is 5.91 Å². The quantitative estimate of drug-likeness (QED) is 0.811. The fourth-order valence-corrected chi connectivity index (χ4v) is 4.53. The molecule has 0 bridgehead atoms. The van der Waals surface area contributed by atoms with Crippen molar-refractivity contribution < 1.29 is 14.0 Å². The molecule has 0 saturated carbocycles.